The minimum atomic E-state index is -0.0654. The molecule has 0 aliphatic carbocycles. The van der Waals surface area contributed by atoms with Crippen molar-refractivity contribution in [3.05, 3.63) is 58.9 Å². The van der Waals surface area contributed by atoms with E-state index in [0.717, 1.165) is 34.7 Å². The van der Waals surface area contributed by atoms with Gasteiger partial charge < -0.3 is 10.5 Å². The highest BCUT2D eigenvalue weighted by molar-refractivity contribution is 5.35. The smallest absolute Gasteiger partial charge is 0.122 e. The normalized spacial score (nSPS) is 12.2. The molecule has 0 saturated heterocycles. The van der Waals surface area contributed by atoms with Crippen molar-refractivity contribution in [3.8, 4) is 5.75 Å². The lowest BCUT2D eigenvalue weighted by Crippen LogP contribution is -2.16. The van der Waals surface area contributed by atoms with Gasteiger partial charge in [-0.15, -0.1) is 0 Å². The molecule has 3 nitrogen and oxygen atoms in total. The van der Waals surface area contributed by atoms with Gasteiger partial charge in [-0.2, -0.15) is 0 Å². The lowest BCUT2D eigenvalue weighted by molar-refractivity contribution is 0.408. The molecule has 3 heteroatoms. The third-order valence-electron chi connectivity index (χ3n) is 3.30. The lowest BCUT2D eigenvalue weighted by Gasteiger charge is -2.16. The largest absolute Gasteiger partial charge is 0.496 e. The summed E-state index contributed by atoms with van der Waals surface area (Å²) in [5, 5.41) is 0. The Kier molecular flexibility index (Phi) is 4.17. The van der Waals surface area contributed by atoms with E-state index in [9.17, 15) is 0 Å². The molecule has 2 aromatic rings. The third kappa shape index (κ3) is 3.12. The SMILES string of the molecule is COc1ccccc1CC(N)c1ccc(C)nc1C. The van der Waals surface area contributed by atoms with Crippen LogP contribution in [0.5, 0.6) is 5.75 Å². The van der Waals surface area contributed by atoms with Crippen molar-refractivity contribution >= 4 is 0 Å². The molecule has 100 valence electrons. The number of aromatic nitrogens is 1. The van der Waals surface area contributed by atoms with Gasteiger partial charge in [0.2, 0.25) is 0 Å². The molecule has 0 aliphatic rings. The van der Waals surface area contributed by atoms with Gasteiger partial charge in [0.05, 0.1) is 7.11 Å². The van der Waals surface area contributed by atoms with Gasteiger partial charge in [-0.05, 0) is 43.5 Å². The highest BCUT2D eigenvalue weighted by atomic mass is 16.5. The molecule has 1 aromatic heterocycles. The van der Waals surface area contributed by atoms with E-state index in [2.05, 4.69) is 17.1 Å². The number of methoxy groups -OCH3 is 1. The fourth-order valence-electron chi connectivity index (χ4n) is 2.31. The standard InChI is InChI=1S/C16H20N2O/c1-11-8-9-14(12(2)18-11)15(17)10-13-6-4-5-7-16(13)19-3/h4-9,15H,10,17H2,1-3H3. The molecule has 0 amide bonds. The van der Waals surface area contributed by atoms with Gasteiger partial charge >= 0.3 is 0 Å². The zero-order valence-electron chi connectivity index (χ0n) is 11.7. The second-order valence-corrected chi connectivity index (χ2v) is 4.75. The number of pyridine rings is 1. The summed E-state index contributed by atoms with van der Waals surface area (Å²) >= 11 is 0. The highest BCUT2D eigenvalue weighted by Gasteiger charge is 2.13. The van der Waals surface area contributed by atoms with Gasteiger partial charge in [-0.1, -0.05) is 24.3 Å². The Morgan fingerprint density at radius 2 is 1.89 bits per heavy atom. The van der Waals surface area contributed by atoms with Crippen molar-refractivity contribution in [1.82, 2.24) is 4.98 Å². The first kappa shape index (κ1) is 13.6. The van der Waals surface area contributed by atoms with Crippen LogP contribution in [-0.4, -0.2) is 12.1 Å². The molecule has 0 bridgehead atoms. The van der Waals surface area contributed by atoms with E-state index in [4.69, 9.17) is 10.5 Å². The van der Waals surface area contributed by atoms with Crippen LogP contribution in [0.3, 0.4) is 0 Å². The van der Waals surface area contributed by atoms with E-state index in [1.165, 1.54) is 0 Å². The van der Waals surface area contributed by atoms with Crippen molar-refractivity contribution in [2.75, 3.05) is 7.11 Å². The molecule has 1 heterocycles. The Morgan fingerprint density at radius 1 is 1.16 bits per heavy atom. The van der Waals surface area contributed by atoms with Crippen molar-refractivity contribution in [2.45, 2.75) is 26.3 Å². The van der Waals surface area contributed by atoms with Gasteiger partial charge in [-0.3, -0.25) is 4.98 Å². The molecule has 1 aromatic carbocycles. The summed E-state index contributed by atoms with van der Waals surface area (Å²) in [5.41, 5.74) is 10.5. The predicted molar refractivity (Wildman–Crippen MR) is 77.3 cm³/mol. The summed E-state index contributed by atoms with van der Waals surface area (Å²) in [4.78, 5) is 4.47. The van der Waals surface area contributed by atoms with E-state index in [1.807, 2.05) is 38.1 Å². The number of rotatable bonds is 4. The van der Waals surface area contributed by atoms with Crippen LogP contribution in [0, 0.1) is 13.8 Å². The number of benzene rings is 1. The maximum absolute atomic E-state index is 6.31. The molecular weight excluding hydrogens is 236 g/mol. The molecule has 0 fully saturated rings. The predicted octanol–water partition coefficient (Wildman–Crippen LogP) is 2.95. The highest BCUT2D eigenvalue weighted by Crippen LogP contribution is 2.24. The number of ether oxygens (including phenoxy) is 1. The maximum Gasteiger partial charge on any atom is 0.122 e. The zero-order chi connectivity index (χ0) is 13.8. The first-order chi connectivity index (χ1) is 9.11. The molecule has 0 aliphatic heterocycles. The summed E-state index contributed by atoms with van der Waals surface area (Å²) in [5.74, 6) is 0.885. The van der Waals surface area contributed by atoms with Crippen LogP contribution in [0.4, 0.5) is 0 Å². The molecular formula is C16H20N2O. The van der Waals surface area contributed by atoms with Gasteiger partial charge in [0.1, 0.15) is 5.75 Å². The number of nitrogens with zero attached hydrogens (tertiary/aromatic N) is 1. The molecule has 0 saturated carbocycles. The van der Waals surface area contributed by atoms with Crippen molar-refractivity contribution in [1.29, 1.82) is 0 Å². The summed E-state index contributed by atoms with van der Waals surface area (Å²) in [6.45, 7) is 3.99. The molecule has 0 radical (unpaired) electrons. The fourth-order valence-corrected chi connectivity index (χ4v) is 2.31. The Labute approximate surface area is 114 Å². The minimum absolute atomic E-state index is 0.0654. The quantitative estimate of drug-likeness (QED) is 0.915. The molecule has 1 atom stereocenters. The third-order valence-corrected chi connectivity index (χ3v) is 3.30. The second-order valence-electron chi connectivity index (χ2n) is 4.75. The summed E-state index contributed by atoms with van der Waals surface area (Å²) in [7, 11) is 1.68. The van der Waals surface area contributed by atoms with E-state index in [1.54, 1.807) is 7.11 Å². The second kappa shape index (κ2) is 5.85. The Hall–Kier alpha value is -1.87. The summed E-state index contributed by atoms with van der Waals surface area (Å²) < 4.78 is 5.36. The number of hydrogen-bond donors (Lipinski definition) is 1. The lowest BCUT2D eigenvalue weighted by atomic mass is 9.98. The van der Waals surface area contributed by atoms with Gasteiger partial charge in [0.25, 0.3) is 0 Å². The number of nitrogens with two attached hydrogens (primary N) is 1. The summed E-state index contributed by atoms with van der Waals surface area (Å²) in [6, 6.07) is 12.0. The van der Waals surface area contributed by atoms with Crippen LogP contribution in [0.1, 0.15) is 28.6 Å². The van der Waals surface area contributed by atoms with Crippen LogP contribution in [0.15, 0.2) is 36.4 Å². The average Bonchev–Trinajstić information content (AvgIpc) is 2.39. The van der Waals surface area contributed by atoms with Gasteiger partial charge in [0, 0.05) is 17.4 Å². The zero-order valence-corrected chi connectivity index (χ0v) is 11.7. The van der Waals surface area contributed by atoms with E-state index in [0.29, 0.717) is 0 Å². The monoisotopic (exact) mass is 256 g/mol. The molecule has 2 rings (SSSR count). The Morgan fingerprint density at radius 3 is 2.58 bits per heavy atom. The average molecular weight is 256 g/mol. The van der Waals surface area contributed by atoms with Crippen LogP contribution in [0.2, 0.25) is 0 Å². The molecule has 0 spiro atoms. The van der Waals surface area contributed by atoms with Gasteiger partial charge in [-0.25, -0.2) is 0 Å². The van der Waals surface area contributed by atoms with Crippen LogP contribution in [-0.2, 0) is 6.42 Å². The molecule has 2 N–H and O–H groups in total. The van der Waals surface area contributed by atoms with Crippen molar-refractivity contribution in [2.24, 2.45) is 5.73 Å². The Bertz CT molecular complexity index is 566. The Balaban J connectivity index is 2.23. The fraction of sp³-hybridized carbons (Fsp3) is 0.312. The topological polar surface area (TPSA) is 48.1 Å². The number of para-hydroxylation sites is 1. The minimum Gasteiger partial charge on any atom is -0.496 e. The maximum atomic E-state index is 6.31. The summed E-state index contributed by atoms with van der Waals surface area (Å²) in [6.07, 6.45) is 0.746. The first-order valence-electron chi connectivity index (χ1n) is 6.43. The van der Waals surface area contributed by atoms with E-state index < -0.39 is 0 Å². The van der Waals surface area contributed by atoms with Crippen LogP contribution >= 0.6 is 0 Å². The van der Waals surface area contributed by atoms with Crippen molar-refractivity contribution in [3.63, 3.8) is 0 Å². The molecule has 19 heavy (non-hydrogen) atoms. The number of aryl methyl sites for hydroxylation is 2. The van der Waals surface area contributed by atoms with Crippen LogP contribution in [0.25, 0.3) is 0 Å². The molecule has 1 unspecified atom stereocenters. The van der Waals surface area contributed by atoms with Gasteiger partial charge in [0.15, 0.2) is 0 Å². The van der Waals surface area contributed by atoms with Crippen LogP contribution < -0.4 is 10.5 Å². The van der Waals surface area contributed by atoms with E-state index in [-0.39, 0.29) is 6.04 Å². The van der Waals surface area contributed by atoms with E-state index >= 15 is 0 Å². The number of hydrogen-bond acceptors (Lipinski definition) is 3. The first-order valence-corrected chi connectivity index (χ1v) is 6.43. The van der Waals surface area contributed by atoms with Crippen molar-refractivity contribution < 1.29 is 4.74 Å².